The van der Waals surface area contributed by atoms with E-state index >= 15 is 0 Å². The lowest BCUT2D eigenvalue weighted by atomic mass is 10.1. The number of nitrogens with one attached hydrogen (secondary N) is 1. The summed E-state index contributed by atoms with van der Waals surface area (Å²) in [5, 5.41) is 10.3. The van der Waals surface area contributed by atoms with Gasteiger partial charge in [0.2, 0.25) is 0 Å². The molecule has 0 heterocycles. The van der Waals surface area contributed by atoms with Crippen molar-refractivity contribution in [3.05, 3.63) is 29.3 Å². The van der Waals surface area contributed by atoms with E-state index in [4.69, 9.17) is 9.84 Å². The number of benzene rings is 1. The van der Waals surface area contributed by atoms with Gasteiger partial charge in [0.1, 0.15) is 12.4 Å². The van der Waals surface area contributed by atoms with E-state index in [9.17, 15) is 13.6 Å². The molecule has 0 fully saturated rings. The Kier molecular flexibility index (Phi) is 5.23. The molecule has 0 atom stereocenters. The van der Waals surface area contributed by atoms with Gasteiger partial charge in [-0.15, -0.1) is 0 Å². The Morgan fingerprint density at radius 2 is 2.11 bits per heavy atom. The summed E-state index contributed by atoms with van der Waals surface area (Å²) in [6.07, 6.45) is 0. The van der Waals surface area contributed by atoms with Crippen LogP contribution in [0.2, 0.25) is 0 Å². The van der Waals surface area contributed by atoms with Crippen molar-refractivity contribution < 1.29 is 23.4 Å². The lowest BCUT2D eigenvalue weighted by Crippen LogP contribution is -2.40. The number of rotatable bonds is 6. The van der Waals surface area contributed by atoms with Gasteiger partial charge in [-0.25, -0.2) is 8.78 Å². The SMILES string of the molecule is Cc1ccc(OCC(=O)NCC(F)(F)CO)c(C)c1. The highest BCUT2D eigenvalue weighted by Gasteiger charge is 2.28. The van der Waals surface area contributed by atoms with Crippen LogP contribution < -0.4 is 10.1 Å². The van der Waals surface area contributed by atoms with Gasteiger partial charge in [-0.2, -0.15) is 0 Å². The second kappa shape index (κ2) is 6.47. The molecule has 1 aromatic carbocycles. The summed E-state index contributed by atoms with van der Waals surface area (Å²) in [5.41, 5.74) is 1.94. The van der Waals surface area contributed by atoms with Gasteiger partial charge in [0.05, 0.1) is 6.54 Å². The summed E-state index contributed by atoms with van der Waals surface area (Å²) in [4.78, 5) is 11.3. The van der Waals surface area contributed by atoms with Crippen molar-refractivity contribution in [2.45, 2.75) is 19.8 Å². The number of aliphatic hydroxyl groups excluding tert-OH is 1. The van der Waals surface area contributed by atoms with Crippen molar-refractivity contribution in [1.82, 2.24) is 5.32 Å². The molecular weight excluding hydrogens is 256 g/mol. The summed E-state index contributed by atoms with van der Waals surface area (Å²) >= 11 is 0. The van der Waals surface area contributed by atoms with Gasteiger partial charge in [0.25, 0.3) is 11.8 Å². The minimum absolute atomic E-state index is 0.342. The largest absolute Gasteiger partial charge is 0.484 e. The van der Waals surface area contributed by atoms with Crippen molar-refractivity contribution in [3.8, 4) is 5.75 Å². The van der Waals surface area contributed by atoms with Crippen molar-refractivity contribution in [1.29, 1.82) is 0 Å². The zero-order valence-electron chi connectivity index (χ0n) is 10.9. The van der Waals surface area contributed by atoms with Crippen LogP contribution >= 0.6 is 0 Å². The molecule has 0 radical (unpaired) electrons. The van der Waals surface area contributed by atoms with Crippen LogP contribution in [0, 0.1) is 13.8 Å². The van der Waals surface area contributed by atoms with E-state index in [2.05, 4.69) is 0 Å². The van der Waals surface area contributed by atoms with E-state index < -0.39 is 25.0 Å². The van der Waals surface area contributed by atoms with Gasteiger partial charge in [-0.3, -0.25) is 4.79 Å². The average Bonchev–Trinajstić information content (AvgIpc) is 2.35. The number of aliphatic hydroxyl groups is 1. The molecule has 0 aliphatic rings. The molecule has 106 valence electrons. The number of halogens is 2. The maximum Gasteiger partial charge on any atom is 0.287 e. The number of alkyl halides is 2. The van der Waals surface area contributed by atoms with Gasteiger partial charge >= 0.3 is 0 Å². The zero-order valence-corrected chi connectivity index (χ0v) is 10.9. The lowest BCUT2D eigenvalue weighted by Gasteiger charge is -2.14. The highest BCUT2D eigenvalue weighted by molar-refractivity contribution is 5.77. The first-order chi connectivity index (χ1) is 8.84. The smallest absolute Gasteiger partial charge is 0.287 e. The molecular formula is C13H17F2NO3. The Labute approximate surface area is 110 Å². The van der Waals surface area contributed by atoms with E-state index in [0.717, 1.165) is 11.1 Å². The van der Waals surface area contributed by atoms with Crippen LogP contribution in [0.1, 0.15) is 11.1 Å². The first kappa shape index (κ1) is 15.4. The summed E-state index contributed by atoms with van der Waals surface area (Å²) in [6, 6.07) is 5.45. The number of hydrogen-bond acceptors (Lipinski definition) is 3. The van der Waals surface area contributed by atoms with Gasteiger partial charge in [0, 0.05) is 0 Å². The molecule has 0 spiro atoms. The van der Waals surface area contributed by atoms with Crippen LogP contribution in [-0.4, -0.2) is 36.7 Å². The highest BCUT2D eigenvalue weighted by atomic mass is 19.3. The fraction of sp³-hybridized carbons (Fsp3) is 0.462. The average molecular weight is 273 g/mol. The van der Waals surface area contributed by atoms with E-state index in [1.807, 2.05) is 31.3 Å². The number of aryl methyl sites for hydroxylation is 2. The zero-order chi connectivity index (χ0) is 14.5. The standard InChI is InChI=1S/C13H17F2NO3/c1-9-3-4-11(10(2)5-9)19-6-12(18)16-7-13(14,15)8-17/h3-5,17H,6-8H2,1-2H3,(H,16,18). The van der Waals surface area contributed by atoms with E-state index in [-0.39, 0.29) is 6.61 Å². The van der Waals surface area contributed by atoms with Crippen molar-refractivity contribution >= 4 is 5.91 Å². The van der Waals surface area contributed by atoms with Gasteiger partial charge in [-0.1, -0.05) is 17.7 Å². The summed E-state index contributed by atoms with van der Waals surface area (Å²) in [5.74, 6) is -3.43. The number of hydrogen-bond donors (Lipinski definition) is 2. The molecule has 0 aliphatic heterocycles. The predicted octanol–water partition coefficient (Wildman–Crippen LogP) is 1.43. The van der Waals surface area contributed by atoms with Crippen LogP contribution in [0.25, 0.3) is 0 Å². The monoisotopic (exact) mass is 273 g/mol. The topological polar surface area (TPSA) is 58.6 Å². The second-order valence-corrected chi connectivity index (χ2v) is 4.35. The van der Waals surface area contributed by atoms with Crippen LogP contribution in [0.15, 0.2) is 18.2 Å². The quantitative estimate of drug-likeness (QED) is 0.824. The third kappa shape index (κ3) is 5.21. The Morgan fingerprint density at radius 3 is 2.68 bits per heavy atom. The highest BCUT2D eigenvalue weighted by Crippen LogP contribution is 2.18. The minimum atomic E-state index is -3.31. The maximum absolute atomic E-state index is 12.7. The van der Waals surface area contributed by atoms with E-state index in [1.165, 1.54) is 0 Å². The van der Waals surface area contributed by atoms with Crippen LogP contribution in [-0.2, 0) is 4.79 Å². The van der Waals surface area contributed by atoms with Gasteiger partial charge in [-0.05, 0) is 25.5 Å². The summed E-state index contributed by atoms with van der Waals surface area (Å²) < 4.78 is 30.6. The first-order valence-corrected chi connectivity index (χ1v) is 5.79. The normalized spacial score (nSPS) is 11.2. The predicted molar refractivity (Wildman–Crippen MR) is 66.5 cm³/mol. The Morgan fingerprint density at radius 1 is 1.42 bits per heavy atom. The Hall–Kier alpha value is -1.69. The molecule has 0 saturated heterocycles. The molecule has 6 heteroatoms. The molecule has 0 aromatic heterocycles. The molecule has 4 nitrogen and oxygen atoms in total. The van der Waals surface area contributed by atoms with Gasteiger partial charge in [0.15, 0.2) is 6.61 Å². The number of carbonyl (C=O) groups excluding carboxylic acids is 1. The molecule has 1 rings (SSSR count). The van der Waals surface area contributed by atoms with Gasteiger partial charge < -0.3 is 15.2 Å². The molecule has 0 unspecified atom stereocenters. The van der Waals surface area contributed by atoms with E-state index in [1.54, 1.807) is 6.07 Å². The second-order valence-electron chi connectivity index (χ2n) is 4.35. The fourth-order valence-electron chi connectivity index (χ4n) is 1.44. The molecule has 0 aliphatic carbocycles. The maximum atomic E-state index is 12.7. The lowest BCUT2D eigenvalue weighted by molar-refractivity contribution is -0.126. The van der Waals surface area contributed by atoms with Crippen molar-refractivity contribution in [3.63, 3.8) is 0 Å². The Bertz CT molecular complexity index is 450. The molecule has 1 amide bonds. The fourth-order valence-corrected chi connectivity index (χ4v) is 1.44. The molecule has 19 heavy (non-hydrogen) atoms. The Balaban J connectivity index is 2.42. The first-order valence-electron chi connectivity index (χ1n) is 5.79. The molecule has 1 aromatic rings. The van der Waals surface area contributed by atoms with Crippen LogP contribution in [0.3, 0.4) is 0 Å². The van der Waals surface area contributed by atoms with Crippen LogP contribution in [0.4, 0.5) is 8.78 Å². The number of ether oxygens (including phenoxy) is 1. The van der Waals surface area contributed by atoms with Crippen molar-refractivity contribution in [2.24, 2.45) is 0 Å². The molecule has 0 saturated carbocycles. The summed E-state index contributed by atoms with van der Waals surface area (Å²) in [6.45, 7) is 1.22. The third-order valence-electron chi connectivity index (χ3n) is 2.46. The number of amides is 1. The van der Waals surface area contributed by atoms with E-state index in [0.29, 0.717) is 5.75 Å². The van der Waals surface area contributed by atoms with Crippen molar-refractivity contribution in [2.75, 3.05) is 19.8 Å². The molecule has 0 bridgehead atoms. The minimum Gasteiger partial charge on any atom is -0.484 e. The molecule has 2 N–H and O–H groups in total. The van der Waals surface area contributed by atoms with Crippen LogP contribution in [0.5, 0.6) is 5.75 Å². The number of carbonyl (C=O) groups is 1. The summed E-state index contributed by atoms with van der Waals surface area (Å²) in [7, 11) is 0. The third-order valence-corrected chi connectivity index (χ3v) is 2.46.